The van der Waals surface area contributed by atoms with Gasteiger partial charge < -0.3 is 15.2 Å². The molecule has 1 aromatic heterocycles. The van der Waals surface area contributed by atoms with Crippen LogP contribution < -0.4 is 10.6 Å². The monoisotopic (exact) mass is 270 g/mol. The van der Waals surface area contributed by atoms with Crippen LogP contribution in [0, 0.1) is 0 Å². The molecule has 1 aliphatic heterocycles. The topological polar surface area (TPSA) is 41.9 Å². The average molecular weight is 270 g/mol. The van der Waals surface area contributed by atoms with Crippen LogP contribution in [0.1, 0.15) is 30.0 Å². The van der Waals surface area contributed by atoms with E-state index in [4.69, 9.17) is 0 Å². The molecule has 1 aliphatic rings. The third-order valence-corrected chi connectivity index (χ3v) is 3.90. The summed E-state index contributed by atoms with van der Waals surface area (Å²) in [5.74, 6) is 0. The van der Waals surface area contributed by atoms with Gasteiger partial charge in [-0.2, -0.15) is 0 Å². The largest absolute Gasteiger partial charge is 0.337 e. The van der Waals surface area contributed by atoms with Gasteiger partial charge in [0.2, 0.25) is 0 Å². The number of rotatable bonds is 5. The van der Waals surface area contributed by atoms with Crippen molar-refractivity contribution in [2.24, 2.45) is 0 Å². The summed E-state index contributed by atoms with van der Waals surface area (Å²) < 4.78 is 2.13. The Kier molecular flexibility index (Phi) is 4.46. The molecule has 20 heavy (non-hydrogen) atoms. The molecule has 4 heteroatoms. The zero-order valence-electron chi connectivity index (χ0n) is 11.8. The fraction of sp³-hybridized carbons (Fsp3) is 0.438. The van der Waals surface area contributed by atoms with E-state index in [-0.39, 0.29) is 0 Å². The summed E-state index contributed by atoms with van der Waals surface area (Å²) in [5, 5.41) is 7.20. The molecular formula is C16H22N4. The van der Waals surface area contributed by atoms with E-state index >= 15 is 0 Å². The highest BCUT2D eigenvalue weighted by Crippen LogP contribution is 2.23. The van der Waals surface area contributed by atoms with E-state index in [0.717, 1.165) is 39.0 Å². The second kappa shape index (κ2) is 6.68. The van der Waals surface area contributed by atoms with Crippen molar-refractivity contribution in [2.45, 2.75) is 32.0 Å². The van der Waals surface area contributed by atoms with Gasteiger partial charge in [-0.3, -0.25) is 0 Å². The highest BCUT2D eigenvalue weighted by Gasteiger charge is 2.16. The van der Waals surface area contributed by atoms with Crippen LogP contribution in [-0.4, -0.2) is 22.6 Å². The van der Waals surface area contributed by atoms with Crippen LogP contribution in [0.25, 0.3) is 0 Å². The molecule has 0 saturated heterocycles. The van der Waals surface area contributed by atoms with Crippen LogP contribution in [-0.2, 0) is 13.1 Å². The lowest BCUT2D eigenvalue weighted by molar-refractivity contribution is 0.476. The molecule has 0 spiro atoms. The summed E-state index contributed by atoms with van der Waals surface area (Å²) >= 11 is 0. The number of fused-ring (bicyclic) bond motifs is 1. The number of imidazole rings is 1. The van der Waals surface area contributed by atoms with Gasteiger partial charge in [0.25, 0.3) is 0 Å². The number of hydrogen-bond acceptors (Lipinski definition) is 3. The number of aromatic nitrogens is 2. The van der Waals surface area contributed by atoms with Gasteiger partial charge in [0.05, 0.1) is 6.33 Å². The summed E-state index contributed by atoms with van der Waals surface area (Å²) in [6, 6.07) is 9.24. The Labute approximate surface area is 120 Å². The molecule has 2 N–H and O–H groups in total. The van der Waals surface area contributed by atoms with Crippen molar-refractivity contribution in [3.05, 3.63) is 54.1 Å². The van der Waals surface area contributed by atoms with Crippen molar-refractivity contribution in [3.8, 4) is 0 Å². The molecule has 0 aliphatic carbocycles. The van der Waals surface area contributed by atoms with Gasteiger partial charge in [-0.25, -0.2) is 4.98 Å². The van der Waals surface area contributed by atoms with Crippen LogP contribution >= 0.6 is 0 Å². The number of nitrogens with zero attached hydrogens (tertiary/aromatic N) is 2. The minimum atomic E-state index is 0.476. The Hall–Kier alpha value is -1.65. The maximum Gasteiger partial charge on any atom is 0.0945 e. The van der Waals surface area contributed by atoms with E-state index in [1.165, 1.54) is 11.1 Å². The molecule has 1 aromatic carbocycles. The molecule has 0 saturated carbocycles. The van der Waals surface area contributed by atoms with Crippen LogP contribution in [0.4, 0.5) is 0 Å². The SMILES string of the molecule is c1ccc2c(c1)CNCCC2NCCCn1ccnc1. The van der Waals surface area contributed by atoms with E-state index in [1.54, 1.807) is 0 Å². The number of hydrogen-bond donors (Lipinski definition) is 2. The molecule has 4 nitrogen and oxygen atoms in total. The van der Waals surface area contributed by atoms with E-state index in [9.17, 15) is 0 Å². The number of nitrogens with one attached hydrogen (secondary N) is 2. The Morgan fingerprint density at radius 2 is 2.30 bits per heavy atom. The molecule has 1 atom stereocenters. The van der Waals surface area contributed by atoms with Crippen molar-refractivity contribution >= 4 is 0 Å². The molecule has 2 aromatic rings. The summed E-state index contributed by atoms with van der Waals surface area (Å²) in [5.41, 5.74) is 2.89. The van der Waals surface area contributed by atoms with Crippen LogP contribution in [0.15, 0.2) is 43.0 Å². The maximum absolute atomic E-state index is 4.07. The van der Waals surface area contributed by atoms with Gasteiger partial charge in [-0.05, 0) is 37.1 Å². The van der Waals surface area contributed by atoms with Gasteiger partial charge in [0, 0.05) is 31.5 Å². The lowest BCUT2D eigenvalue weighted by atomic mass is 9.99. The van der Waals surface area contributed by atoms with E-state index < -0.39 is 0 Å². The van der Waals surface area contributed by atoms with Crippen molar-refractivity contribution < 1.29 is 0 Å². The van der Waals surface area contributed by atoms with Crippen LogP contribution in [0.5, 0.6) is 0 Å². The highest BCUT2D eigenvalue weighted by molar-refractivity contribution is 5.30. The molecule has 2 heterocycles. The smallest absolute Gasteiger partial charge is 0.0945 e. The van der Waals surface area contributed by atoms with Crippen LogP contribution in [0.2, 0.25) is 0 Å². The lowest BCUT2D eigenvalue weighted by Gasteiger charge is -2.19. The molecule has 0 radical (unpaired) electrons. The van der Waals surface area contributed by atoms with E-state index in [0.29, 0.717) is 6.04 Å². The first-order chi connectivity index (χ1) is 9.93. The van der Waals surface area contributed by atoms with Crippen molar-refractivity contribution in [3.63, 3.8) is 0 Å². The van der Waals surface area contributed by atoms with Crippen LogP contribution in [0.3, 0.4) is 0 Å². The summed E-state index contributed by atoms with van der Waals surface area (Å²) in [4.78, 5) is 4.07. The molecule has 0 fully saturated rings. The fourth-order valence-corrected chi connectivity index (χ4v) is 2.83. The van der Waals surface area contributed by atoms with Crippen molar-refractivity contribution in [1.29, 1.82) is 0 Å². The predicted octanol–water partition coefficient (Wildman–Crippen LogP) is 2.10. The molecular weight excluding hydrogens is 248 g/mol. The quantitative estimate of drug-likeness (QED) is 0.818. The first-order valence-corrected chi connectivity index (χ1v) is 7.41. The van der Waals surface area contributed by atoms with Gasteiger partial charge >= 0.3 is 0 Å². The minimum Gasteiger partial charge on any atom is -0.337 e. The molecule has 0 bridgehead atoms. The Morgan fingerprint density at radius 1 is 1.35 bits per heavy atom. The lowest BCUT2D eigenvalue weighted by Crippen LogP contribution is -2.24. The molecule has 3 rings (SSSR count). The first kappa shape index (κ1) is 13.3. The summed E-state index contributed by atoms with van der Waals surface area (Å²) in [7, 11) is 0. The Morgan fingerprint density at radius 3 is 3.20 bits per heavy atom. The normalized spacial score (nSPS) is 18.5. The van der Waals surface area contributed by atoms with Gasteiger partial charge in [0.1, 0.15) is 0 Å². The predicted molar refractivity (Wildman–Crippen MR) is 80.4 cm³/mol. The minimum absolute atomic E-state index is 0.476. The van der Waals surface area contributed by atoms with Gasteiger partial charge in [-0.15, -0.1) is 0 Å². The van der Waals surface area contributed by atoms with Gasteiger partial charge in [0.15, 0.2) is 0 Å². The van der Waals surface area contributed by atoms with E-state index in [1.807, 2.05) is 18.7 Å². The summed E-state index contributed by atoms with van der Waals surface area (Å²) in [6.07, 6.45) is 8.01. The zero-order valence-corrected chi connectivity index (χ0v) is 11.8. The number of aryl methyl sites for hydroxylation is 1. The fourth-order valence-electron chi connectivity index (χ4n) is 2.83. The highest BCUT2D eigenvalue weighted by atomic mass is 15.0. The number of benzene rings is 1. The Bertz CT molecular complexity index is 521. The zero-order chi connectivity index (χ0) is 13.6. The molecule has 0 amide bonds. The second-order valence-corrected chi connectivity index (χ2v) is 5.33. The maximum atomic E-state index is 4.07. The first-order valence-electron chi connectivity index (χ1n) is 7.41. The molecule has 106 valence electrons. The second-order valence-electron chi connectivity index (χ2n) is 5.33. The van der Waals surface area contributed by atoms with Crippen molar-refractivity contribution in [1.82, 2.24) is 20.2 Å². The average Bonchev–Trinajstić information content (AvgIpc) is 2.91. The Balaban J connectivity index is 1.54. The third-order valence-electron chi connectivity index (χ3n) is 3.90. The third kappa shape index (κ3) is 3.26. The summed E-state index contributed by atoms with van der Waals surface area (Å²) in [6.45, 7) is 4.13. The standard InChI is InChI=1S/C16H22N4/c1-2-5-15-14(4-1)12-17-8-6-16(15)19-7-3-10-20-11-9-18-13-20/h1-2,4-5,9,11,13,16-17,19H,3,6-8,10,12H2. The van der Waals surface area contributed by atoms with Gasteiger partial charge in [-0.1, -0.05) is 24.3 Å². The molecule has 1 unspecified atom stereocenters. The van der Waals surface area contributed by atoms with E-state index in [2.05, 4.69) is 44.5 Å². The van der Waals surface area contributed by atoms with Crippen molar-refractivity contribution in [2.75, 3.05) is 13.1 Å².